The average Bonchev–Trinajstić information content (AvgIpc) is 2.56. The molecule has 0 spiro atoms. The van der Waals surface area contributed by atoms with E-state index in [9.17, 15) is 4.79 Å². The quantitative estimate of drug-likeness (QED) is 0.434. The molecule has 3 atom stereocenters. The Bertz CT molecular complexity index is 579. The molecule has 1 aromatic rings. The molecule has 0 aromatic heterocycles. The van der Waals surface area contributed by atoms with Crippen molar-refractivity contribution >= 4 is 35.0 Å². The van der Waals surface area contributed by atoms with E-state index in [0.717, 1.165) is 11.3 Å². The van der Waals surface area contributed by atoms with Crippen molar-refractivity contribution in [2.75, 3.05) is 5.75 Å². The van der Waals surface area contributed by atoms with E-state index in [1.54, 1.807) is 0 Å². The maximum absolute atomic E-state index is 12.0. The van der Waals surface area contributed by atoms with Gasteiger partial charge in [0.05, 0.1) is 5.75 Å². The van der Waals surface area contributed by atoms with Crippen molar-refractivity contribution in [3.63, 3.8) is 0 Å². The van der Waals surface area contributed by atoms with Gasteiger partial charge in [-0.15, -0.1) is 11.8 Å². The van der Waals surface area contributed by atoms with Crippen molar-refractivity contribution in [1.82, 2.24) is 16.2 Å². The molecular formula is C18H27N3OS2. The zero-order chi connectivity index (χ0) is 17.5. The summed E-state index contributed by atoms with van der Waals surface area (Å²) in [6.45, 7) is 6.60. The number of carbonyl (C=O) groups excluding carboxylic acids is 1. The first-order valence-corrected chi connectivity index (χ1v) is 9.90. The number of hydrazine groups is 1. The third-order valence-corrected chi connectivity index (χ3v) is 6.19. The lowest BCUT2D eigenvalue weighted by Gasteiger charge is -2.35. The highest BCUT2D eigenvalue weighted by Gasteiger charge is 2.27. The molecule has 1 aromatic carbocycles. The Kier molecular flexibility index (Phi) is 7.37. The number of carbonyl (C=O) groups is 1. The van der Waals surface area contributed by atoms with Crippen LogP contribution in [0.3, 0.4) is 0 Å². The highest BCUT2D eigenvalue weighted by atomic mass is 32.2. The second kappa shape index (κ2) is 9.28. The van der Waals surface area contributed by atoms with Gasteiger partial charge in [-0.2, -0.15) is 0 Å². The number of amides is 1. The Hall–Kier alpha value is -1.27. The van der Waals surface area contributed by atoms with Crippen molar-refractivity contribution < 1.29 is 4.79 Å². The topological polar surface area (TPSA) is 53.2 Å². The second-order valence-corrected chi connectivity index (χ2v) is 8.00. The van der Waals surface area contributed by atoms with Crippen LogP contribution in [-0.4, -0.2) is 22.8 Å². The Morgan fingerprint density at radius 2 is 2.00 bits per heavy atom. The molecular weight excluding hydrogens is 338 g/mol. The molecule has 0 aliphatic heterocycles. The minimum absolute atomic E-state index is 0.0857. The maximum Gasteiger partial charge on any atom is 0.248 e. The molecule has 24 heavy (non-hydrogen) atoms. The van der Waals surface area contributed by atoms with Crippen LogP contribution >= 0.6 is 24.0 Å². The maximum atomic E-state index is 12.0. The molecule has 0 unspecified atom stereocenters. The normalized spacial score (nSPS) is 23.4. The molecule has 3 N–H and O–H groups in total. The van der Waals surface area contributed by atoms with Crippen LogP contribution in [0, 0.1) is 18.8 Å². The van der Waals surface area contributed by atoms with E-state index in [2.05, 4.69) is 30.0 Å². The lowest BCUT2D eigenvalue weighted by atomic mass is 9.78. The molecule has 6 heteroatoms. The fraction of sp³-hybridized carbons (Fsp3) is 0.556. The molecule has 132 valence electrons. The Labute approximate surface area is 154 Å². The molecule has 4 nitrogen and oxygen atoms in total. The first-order valence-electron chi connectivity index (χ1n) is 8.51. The molecule has 1 aliphatic carbocycles. The molecule has 0 bridgehead atoms. The van der Waals surface area contributed by atoms with Crippen LogP contribution in [0.4, 0.5) is 0 Å². The van der Waals surface area contributed by atoms with Gasteiger partial charge in [0.15, 0.2) is 5.11 Å². The molecule has 1 amide bonds. The van der Waals surface area contributed by atoms with Gasteiger partial charge in [-0.05, 0) is 49.0 Å². The van der Waals surface area contributed by atoms with E-state index in [0.29, 0.717) is 28.7 Å². The summed E-state index contributed by atoms with van der Waals surface area (Å²) < 4.78 is 0. The van der Waals surface area contributed by atoms with Crippen molar-refractivity contribution in [3.05, 3.63) is 29.8 Å². The number of aryl methyl sites for hydroxylation is 1. The van der Waals surface area contributed by atoms with Gasteiger partial charge >= 0.3 is 0 Å². The lowest BCUT2D eigenvalue weighted by Crippen LogP contribution is -2.52. The minimum Gasteiger partial charge on any atom is -0.358 e. The third kappa shape index (κ3) is 5.67. The molecule has 0 radical (unpaired) electrons. The van der Waals surface area contributed by atoms with Gasteiger partial charge in [0, 0.05) is 10.9 Å². The predicted octanol–water partition coefficient (Wildman–Crippen LogP) is 3.41. The first-order chi connectivity index (χ1) is 11.5. The Morgan fingerprint density at radius 1 is 1.25 bits per heavy atom. The smallest absolute Gasteiger partial charge is 0.248 e. The Balaban J connectivity index is 1.69. The summed E-state index contributed by atoms with van der Waals surface area (Å²) in [5.41, 5.74) is 6.68. The minimum atomic E-state index is -0.0857. The number of hydrogen-bond acceptors (Lipinski definition) is 3. The molecule has 0 saturated heterocycles. The van der Waals surface area contributed by atoms with Crippen molar-refractivity contribution in [3.8, 4) is 0 Å². The molecule has 0 heterocycles. The highest BCUT2D eigenvalue weighted by molar-refractivity contribution is 8.00. The fourth-order valence-electron chi connectivity index (χ4n) is 3.01. The summed E-state index contributed by atoms with van der Waals surface area (Å²) in [6.07, 6.45) is 3.64. The third-order valence-electron chi connectivity index (χ3n) is 4.79. The number of rotatable bonds is 4. The van der Waals surface area contributed by atoms with Crippen molar-refractivity contribution in [2.45, 2.75) is 51.0 Å². The summed E-state index contributed by atoms with van der Waals surface area (Å²) in [7, 11) is 0. The summed E-state index contributed by atoms with van der Waals surface area (Å²) in [4.78, 5) is 13.1. The van der Waals surface area contributed by atoms with Crippen LogP contribution in [0.2, 0.25) is 0 Å². The van der Waals surface area contributed by atoms with Crippen molar-refractivity contribution in [1.29, 1.82) is 0 Å². The van der Waals surface area contributed by atoms with Gasteiger partial charge in [0.25, 0.3) is 0 Å². The van der Waals surface area contributed by atoms with Gasteiger partial charge in [-0.25, -0.2) is 0 Å². The molecule has 2 rings (SSSR count). The van der Waals surface area contributed by atoms with Crippen molar-refractivity contribution in [2.24, 2.45) is 11.8 Å². The SMILES string of the molecule is Cc1ccccc1SCC(=O)NNC(=S)N[C@H]1CCC[C@@H](C)[C@@H]1C. The predicted molar refractivity (Wildman–Crippen MR) is 105 cm³/mol. The van der Waals surface area contributed by atoms with E-state index in [1.165, 1.54) is 30.2 Å². The van der Waals surface area contributed by atoms with Crippen LogP contribution in [-0.2, 0) is 4.79 Å². The Morgan fingerprint density at radius 3 is 2.75 bits per heavy atom. The van der Waals surface area contributed by atoms with Gasteiger partial charge in [-0.3, -0.25) is 15.6 Å². The van der Waals surface area contributed by atoms with Crippen LogP contribution in [0.1, 0.15) is 38.7 Å². The summed E-state index contributed by atoms with van der Waals surface area (Å²) >= 11 is 6.83. The highest BCUT2D eigenvalue weighted by Crippen LogP contribution is 2.29. The van der Waals surface area contributed by atoms with Crippen LogP contribution in [0.25, 0.3) is 0 Å². The number of nitrogens with one attached hydrogen (secondary N) is 3. The van der Waals surface area contributed by atoms with Crippen LogP contribution in [0.5, 0.6) is 0 Å². The van der Waals surface area contributed by atoms with Gasteiger partial charge in [-0.1, -0.05) is 44.9 Å². The number of thiocarbonyl (C=S) groups is 1. The summed E-state index contributed by atoms with van der Waals surface area (Å²) in [5.74, 6) is 1.57. The number of hydrogen-bond donors (Lipinski definition) is 3. The van der Waals surface area contributed by atoms with Gasteiger partial charge in [0.1, 0.15) is 0 Å². The van der Waals surface area contributed by atoms with Crippen LogP contribution in [0.15, 0.2) is 29.2 Å². The standard InChI is InChI=1S/C18H27N3OS2/c1-12-8-6-9-15(14(12)3)19-18(23)21-20-17(22)11-24-16-10-5-4-7-13(16)2/h4-5,7,10,12,14-15H,6,8-9,11H2,1-3H3,(H,20,22)(H2,19,21,23)/t12-,14+,15+/m1/s1. The lowest BCUT2D eigenvalue weighted by molar-refractivity contribution is -0.119. The molecule has 1 saturated carbocycles. The van der Waals surface area contributed by atoms with E-state index in [-0.39, 0.29) is 5.91 Å². The van der Waals surface area contributed by atoms with Gasteiger partial charge < -0.3 is 5.32 Å². The zero-order valence-electron chi connectivity index (χ0n) is 14.6. The summed E-state index contributed by atoms with van der Waals surface area (Å²) in [5, 5.41) is 3.83. The first kappa shape index (κ1) is 19.1. The summed E-state index contributed by atoms with van der Waals surface area (Å²) in [6, 6.07) is 8.43. The zero-order valence-corrected chi connectivity index (χ0v) is 16.2. The van der Waals surface area contributed by atoms with E-state index < -0.39 is 0 Å². The van der Waals surface area contributed by atoms with E-state index >= 15 is 0 Å². The average molecular weight is 366 g/mol. The molecule has 1 aliphatic rings. The van der Waals surface area contributed by atoms with Gasteiger partial charge in [0.2, 0.25) is 5.91 Å². The monoisotopic (exact) mass is 365 g/mol. The van der Waals surface area contributed by atoms with E-state index in [1.807, 2.05) is 31.2 Å². The van der Waals surface area contributed by atoms with E-state index in [4.69, 9.17) is 12.2 Å². The largest absolute Gasteiger partial charge is 0.358 e. The molecule has 1 fully saturated rings. The number of benzene rings is 1. The van der Waals surface area contributed by atoms with Crippen LogP contribution < -0.4 is 16.2 Å². The number of thioether (sulfide) groups is 1. The second-order valence-electron chi connectivity index (χ2n) is 6.57. The fourth-order valence-corrected chi connectivity index (χ4v) is 4.05.